The highest BCUT2D eigenvalue weighted by atomic mass is 16.5. The molecule has 1 heterocycles. The van der Waals surface area contributed by atoms with Crippen molar-refractivity contribution in [1.29, 1.82) is 0 Å². The van der Waals surface area contributed by atoms with Crippen LogP contribution >= 0.6 is 0 Å². The molecule has 1 aromatic carbocycles. The Balaban J connectivity index is 1.80. The van der Waals surface area contributed by atoms with Crippen LogP contribution in [0, 0.1) is 0 Å². The number of ether oxygens (including phenoxy) is 1. The summed E-state index contributed by atoms with van der Waals surface area (Å²) in [5.41, 5.74) is 0.804. The molecule has 2 aromatic rings. The SMILES string of the molecule is CCOc1ccc(-c2noc(CCC(=O)NCC(=O)NC(C)C)n2)cc1. The Morgan fingerprint density at radius 2 is 1.92 bits per heavy atom. The van der Waals surface area contributed by atoms with Crippen molar-refractivity contribution in [2.24, 2.45) is 0 Å². The van der Waals surface area contributed by atoms with Crippen molar-refractivity contribution in [3.63, 3.8) is 0 Å². The highest BCUT2D eigenvalue weighted by Gasteiger charge is 2.12. The summed E-state index contributed by atoms with van der Waals surface area (Å²) in [6.07, 6.45) is 0.474. The summed E-state index contributed by atoms with van der Waals surface area (Å²) in [6.45, 7) is 6.20. The maximum absolute atomic E-state index is 11.8. The predicted molar refractivity (Wildman–Crippen MR) is 95.5 cm³/mol. The van der Waals surface area contributed by atoms with Gasteiger partial charge in [0.1, 0.15) is 5.75 Å². The largest absolute Gasteiger partial charge is 0.494 e. The van der Waals surface area contributed by atoms with Gasteiger partial charge in [0.15, 0.2) is 0 Å². The lowest BCUT2D eigenvalue weighted by atomic mass is 10.2. The maximum Gasteiger partial charge on any atom is 0.239 e. The van der Waals surface area contributed by atoms with Crippen LogP contribution in [0.5, 0.6) is 5.75 Å². The molecule has 0 radical (unpaired) electrons. The van der Waals surface area contributed by atoms with Crippen LogP contribution in [-0.2, 0) is 16.0 Å². The van der Waals surface area contributed by atoms with Crippen molar-refractivity contribution >= 4 is 11.8 Å². The van der Waals surface area contributed by atoms with Gasteiger partial charge in [0.05, 0.1) is 13.2 Å². The van der Waals surface area contributed by atoms with Crippen molar-refractivity contribution in [3.8, 4) is 17.1 Å². The summed E-state index contributed by atoms with van der Waals surface area (Å²) in [5.74, 6) is 1.14. The van der Waals surface area contributed by atoms with Crippen LogP contribution in [0.1, 0.15) is 33.1 Å². The number of rotatable bonds is 9. The van der Waals surface area contributed by atoms with E-state index in [9.17, 15) is 9.59 Å². The van der Waals surface area contributed by atoms with E-state index in [1.54, 1.807) is 0 Å². The van der Waals surface area contributed by atoms with E-state index in [4.69, 9.17) is 9.26 Å². The van der Waals surface area contributed by atoms with Crippen molar-refractivity contribution in [2.75, 3.05) is 13.2 Å². The molecule has 1 aromatic heterocycles. The molecule has 0 saturated heterocycles. The molecule has 0 unspecified atom stereocenters. The summed E-state index contributed by atoms with van der Waals surface area (Å²) in [4.78, 5) is 27.6. The number of aryl methyl sites for hydroxylation is 1. The van der Waals surface area contributed by atoms with E-state index < -0.39 is 0 Å². The number of amides is 2. The van der Waals surface area contributed by atoms with Crippen LogP contribution in [0.3, 0.4) is 0 Å². The van der Waals surface area contributed by atoms with Gasteiger partial charge in [-0.3, -0.25) is 9.59 Å². The molecule has 0 saturated carbocycles. The third-order valence-corrected chi connectivity index (χ3v) is 3.35. The Hall–Kier alpha value is -2.90. The van der Waals surface area contributed by atoms with Crippen molar-refractivity contribution in [3.05, 3.63) is 30.2 Å². The fraction of sp³-hybridized carbons (Fsp3) is 0.444. The Morgan fingerprint density at radius 1 is 1.19 bits per heavy atom. The van der Waals surface area contributed by atoms with Crippen LogP contribution in [0.2, 0.25) is 0 Å². The lowest BCUT2D eigenvalue weighted by molar-refractivity contribution is -0.126. The smallest absolute Gasteiger partial charge is 0.239 e. The van der Waals surface area contributed by atoms with Crippen molar-refractivity contribution in [2.45, 2.75) is 39.7 Å². The van der Waals surface area contributed by atoms with Crippen LogP contribution < -0.4 is 15.4 Å². The standard InChI is InChI=1S/C18H24N4O4/c1-4-25-14-7-5-13(6-8-14)18-21-17(26-22-18)10-9-15(23)19-11-16(24)20-12(2)3/h5-8,12H,4,9-11H2,1-3H3,(H,19,23)(H,20,24). The monoisotopic (exact) mass is 360 g/mol. The first-order chi connectivity index (χ1) is 12.5. The minimum absolute atomic E-state index is 0.0406. The van der Waals surface area contributed by atoms with Gasteiger partial charge >= 0.3 is 0 Å². The average molecular weight is 360 g/mol. The Kier molecular flexibility index (Phi) is 7.13. The molecule has 0 fully saturated rings. The molecular weight excluding hydrogens is 336 g/mol. The Bertz CT molecular complexity index is 725. The van der Waals surface area contributed by atoms with Gasteiger partial charge in [0.25, 0.3) is 0 Å². The highest BCUT2D eigenvalue weighted by Crippen LogP contribution is 2.20. The summed E-state index contributed by atoms with van der Waals surface area (Å²) in [5, 5.41) is 9.19. The van der Waals surface area contributed by atoms with E-state index in [2.05, 4.69) is 20.8 Å². The van der Waals surface area contributed by atoms with Gasteiger partial charge in [-0.15, -0.1) is 0 Å². The lowest BCUT2D eigenvalue weighted by Gasteiger charge is -2.08. The van der Waals surface area contributed by atoms with Gasteiger partial charge in [-0.25, -0.2) is 0 Å². The molecule has 0 spiro atoms. The van der Waals surface area contributed by atoms with Gasteiger partial charge in [0, 0.05) is 24.4 Å². The number of carbonyl (C=O) groups excluding carboxylic acids is 2. The summed E-state index contributed by atoms with van der Waals surface area (Å²) >= 11 is 0. The van der Waals surface area contributed by atoms with E-state index in [-0.39, 0.29) is 30.8 Å². The number of hydrogen-bond acceptors (Lipinski definition) is 6. The second kappa shape index (κ2) is 9.55. The summed E-state index contributed by atoms with van der Waals surface area (Å²) in [7, 11) is 0. The number of nitrogens with one attached hydrogen (secondary N) is 2. The molecule has 0 atom stereocenters. The highest BCUT2D eigenvalue weighted by molar-refractivity contribution is 5.84. The van der Waals surface area contributed by atoms with Gasteiger partial charge in [-0.05, 0) is 45.0 Å². The zero-order chi connectivity index (χ0) is 18.9. The van der Waals surface area contributed by atoms with Crippen molar-refractivity contribution in [1.82, 2.24) is 20.8 Å². The van der Waals surface area contributed by atoms with E-state index in [0.717, 1.165) is 11.3 Å². The molecule has 2 amide bonds. The fourth-order valence-corrected chi connectivity index (χ4v) is 2.20. The molecule has 8 heteroatoms. The lowest BCUT2D eigenvalue weighted by Crippen LogP contribution is -2.39. The molecule has 26 heavy (non-hydrogen) atoms. The number of carbonyl (C=O) groups is 2. The first kappa shape index (κ1) is 19.4. The molecular formula is C18H24N4O4. The first-order valence-electron chi connectivity index (χ1n) is 8.59. The van der Waals surface area contributed by atoms with Crippen molar-refractivity contribution < 1.29 is 18.8 Å². The molecule has 8 nitrogen and oxygen atoms in total. The van der Waals surface area contributed by atoms with Gasteiger partial charge < -0.3 is 19.9 Å². The number of nitrogens with zero attached hydrogens (tertiary/aromatic N) is 2. The van der Waals surface area contributed by atoms with E-state index in [1.807, 2.05) is 45.0 Å². The first-order valence-corrected chi connectivity index (χ1v) is 8.59. The minimum atomic E-state index is -0.246. The second-order valence-corrected chi connectivity index (χ2v) is 5.97. The number of aromatic nitrogens is 2. The molecule has 0 aliphatic heterocycles. The quantitative estimate of drug-likeness (QED) is 0.705. The minimum Gasteiger partial charge on any atom is -0.494 e. The summed E-state index contributed by atoms with van der Waals surface area (Å²) in [6, 6.07) is 7.41. The Morgan fingerprint density at radius 3 is 2.58 bits per heavy atom. The predicted octanol–water partition coefficient (Wildman–Crippen LogP) is 1.71. The zero-order valence-electron chi connectivity index (χ0n) is 15.2. The van der Waals surface area contributed by atoms with Gasteiger partial charge in [-0.2, -0.15) is 4.98 Å². The van der Waals surface area contributed by atoms with Crippen LogP contribution in [0.4, 0.5) is 0 Å². The number of benzene rings is 1. The Labute approximate surface area is 152 Å². The molecule has 140 valence electrons. The van der Waals surface area contributed by atoms with Crippen LogP contribution in [0.15, 0.2) is 28.8 Å². The zero-order valence-corrected chi connectivity index (χ0v) is 15.2. The van der Waals surface area contributed by atoms with Crippen LogP contribution in [-0.4, -0.2) is 41.1 Å². The van der Waals surface area contributed by atoms with E-state index in [1.165, 1.54) is 0 Å². The van der Waals surface area contributed by atoms with Gasteiger partial charge in [-0.1, -0.05) is 5.16 Å². The van der Waals surface area contributed by atoms with E-state index in [0.29, 0.717) is 24.7 Å². The normalized spacial score (nSPS) is 10.6. The molecule has 0 aliphatic rings. The third-order valence-electron chi connectivity index (χ3n) is 3.35. The fourth-order valence-electron chi connectivity index (χ4n) is 2.20. The topological polar surface area (TPSA) is 106 Å². The van der Waals surface area contributed by atoms with E-state index >= 15 is 0 Å². The van der Waals surface area contributed by atoms with Crippen LogP contribution in [0.25, 0.3) is 11.4 Å². The number of hydrogen-bond donors (Lipinski definition) is 2. The molecule has 2 N–H and O–H groups in total. The third kappa shape index (κ3) is 6.19. The average Bonchev–Trinajstić information content (AvgIpc) is 3.07. The van der Waals surface area contributed by atoms with Gasteiger partial charge in [0.2, 0.25) is 23.5 Å². The molecule has 0 bridgehead atoms. The molecule has 0 aliphatic carbocycles. The second-order valence-electron chi connectivity index (χ2n) is 5.97. The molecule has 2 rings (SSSR count). The summed E-state index contributed by atoms with van der Waals surface area (Å²) < 4.78 is 10.6. The maximum atomic E-state index is 11.8.